The molecule has 150 valence electrons. The van der Waals surface area contributed by atoms with Crippen molar-refractivity contribution < 1.29 is 4.79 Å². The molecule has 3 aromatic rings. The van der Waals surface area contributed by atoms with E-state index in [0.29, 0.717) is 27.8 Å². The molecule has 0 aliphatic carbocycles. The maximum atomic E-state index is 12.8. The van der Waals surface area contributed by atoms with E-state index in [4.69, 9.17) is 11.6 Å². The van der Waals surface area contributed by atoms with E-state index in [1.54, 1.807) is 12.4 Å². The number of thioether (sulfide) groups is 1. The molecule has 1 aliphatic heterocycles. The first-order valence-electron chi connectivity index (χ1n) is 9.67. The molecule has 0 bridgehead atoms. The zero-order valence-corrected chi connectivity index (χ0v) is 17.7. The summed E-state index contributed by atoms with van der Waals surface area (Å²) >= 11 is 7.63. The highest BCUT2D eigenvalue weighted by Gasteiger charge is 2.24. The van der Waals surface area contributed by atoms with Crippen molar-refractivity contribution in [3.05, 3.63) is 53.8 Å². The summed E-state index contributed by atoms with van der Waals surface area (Å²) < 4.78 is 1.94. The second kappa shape index (κ2) is 8.97. The van der Waals surface area contributed by atoms with E-state index < -0.39 is 0 Å². The molecule has 0 radical (unpaired) electrons. The highest BCUT2D eigenvalue weighted by atomic mass is 35.5. The Morgan fingerprint density at radius 3 is 2.79 bits per heavy atom. The van der Waals surface area contributed by atoms with E-state index >= 15 is 0 Å². The number of pyridine rings is 1. The highest BCUT2D eigenvalue weighted by Crippen LogP contribution is 2.29. The van der Waals surface area contributed by atoms with Crippen LogP contribution in [0.4, 0.5) is 0 Å². The number of carbonyl (C=O) groups is 1. The number of carbonyl (C=O) groups excluding carboxylic acids is 1. The predicted molar refractivity (Wildman–Crippen MR) is 115 cm³/mol. The fourth-order valence-electron chi connectivity index (χ4n) is 3.58. The van der Waals surface area contributed by atoms with Gasteiger partial charge in [-0.3, -0.25) is 14.3 Å². The first-order valence-corrected chi connectivity index (χ1v) is 11.0. The van der Waals surface area contributed by atoms with Crippen molar-refractivity contribution >= 4 is 29.3 Å². The van der Waals surface area contributed by atoms with Gasteiger partial charge in [0.25, 0.3) is 0 Å². The molecule has 0 saturated carbocycles. The molecule has 0 spiro atoms. The van der Waals surface area contributed by atoms with Gasteiger partial charge in [-0.2, -0.15) is 0 Å². The van der Waals surface area contributed by atoms with Gasteiger partial charge in [0.15, 0.2) is 11.0 Å². The molecule has 6 nitrogen and oxygen atoms in total. The monoisotopic (exact) mass is 427 g/mol. The molecule has 1 saturated heterocycles. The average Bonchev–Trinajstić information content (AvgIpc) is 3.17. The van der Waals surface area contributed by atoms with Crippen molar-refractivity contribution in [2.45, 2.75) is 37.4 Å². The van der Waals surface area contributed by atoms with Crippen molar-refractivity contribution in [2.75, 3.05) is 12.3 Å². The quantitative estimate of drug-likeness (QED) is 0.562. The molecule has 3 heterocycles. The van der Waals surface area contributed by atoms with Crippen LogP contribution in [0.2, 0.25) is 5.02 Å². The van der Waals surface area contributed by atoms with Gasteiger partial charge in [0.2, 0.25) is 5.91 Å². The van der Waals surface area contributed by atoms with Gasteiger partial charge in [-0.05, 0) is 56.5 Å². The van der Waals surface area contributed by atoms with Gasteiger partial charge in [0, 0.05) is 35.6 Å². The van der Waals surface area contributed by atoms with E-state index in [1.165, 1.54) is 18.2 Å². The van der Waals surface area contributed by atoms with Crippen LogP contribution >= 0.6 is 23.4 Å². The molecule has 0 N–H and O–H groups in total. The number of nitrogens with zero attached hydrogens (tertiary/aromatic N) is 5. The van der Waals surface area contributed by atoms with Crippen molar-refractivity contribution in [3.63, 3.8) is 0 Å². The lowest BCUT2D eigenvalue weighted by atomic mass is 10.0. The fourth-order valence-corrected chi connectivity index (χ4v) is 4.60. The number of halogens is 1. The summed E-state index contributed by atoms with van der Waals surface area (Å²) in [6.07, 6.45) is 6.78. The van der Waals surface area contributed by atoms with Crippen LogP contribution in [0, 0.1) is 0 Å². The topological polar surface area (TPSA) is 63.9 Å². The Balaban J connectivity index is 1.63. The van der Waals surface area contributed by atoms with Gasteiger partial charge in [0.1, 0.15) is 0 Å². The lowest BCUT2D eigenvalue weighted by Crippen LogP contribution is -2.42. The third-order valence-corrected chi connectivity index (χ3v) is 6.24. The van der Waals surface area contributed by atoms with Crippen LogP contribution in [0.3, 0.4) is 0 Å². The summed E-state index contributed by atoms with van der Waals surface area (Å²) in [6.45, 7) is 2.96. The van der Waals surface area contributed by atoms with E-state index in [2.05, 4.69) is 22.1 Å². The molecule has 1 atom stereocenters. The molecule has 1 aromatic carbocycles. The number of aromatic nitrogens is 4. The Bertz CT molecular complexity index is 994. The minimum absolute atomic E-state index is 0.147. The maximum Gasteiger partial charge on any atom is 0.233 e. The van der Waals surface area contributed by atoms with Crippen molar-refractivity contribution in [1.29, 1.82) is 0 Å². The average molecular weight is 428 g/mol. The lowest BCUT2D eigenvalue weighted by Gasteiger charge is -2.33. The van der Waals surface area contributed by atoms with E-state index in [9.17, 15) is 4.79 Å². The van der Waals surface area contributed by atoms with Crippen LogP contribution in [-0.4, -0.2) is 48.9 Å². The first-order chi connectivity index (χ1) is 14.1. The summed E-state index contributed by atoms with van der Waals surface area (Å²) in [6, 6.07) is 11.6. The van der Waals surface area contributed by atoms with Gasteiger partial charge >= 0.3 is 0 Å². The fraction of sp³-hybridized carbons (Fsp3) is 0.333. The molecule has 1 aliphatic rings. The Morgan fingerprint density at radius 1 is 1.21 bits per heavy atom. The molecule has 1 fully saturated rings. The third-order valence-electron chi connectivity index (χ3n) is 5.09. The Hall–Kier alpha value is -2.38. The van der Waals surface area contributed by atoms with Crippen LogP contribution in [-0.2, 0) is 4.79 Å². The van der Waals surface area contributed by atoms with Crippen LogP contribution in [0.15, 0.2) is 53.9 Å². The van der Waals surface area contributed by atoms with Gasteiger partial charge in [-0.15, -0.1) is 10.2 Å². The summed E-state index contributed by atoms with van der Waals surface area (Å²) in [7, 11) is 0. The Kier molecular flexibility index (Phi) is 6.16. The van der Waals surface area contributed by atoms with Crippen molar-refractivity contribution in [1.82, 2.24) is 24.6 Å². The van der Waals surface area contributed by atoms with Gasteiger partial charge in [-0.25, -0.2) is 0 Å². The number of benzene rings is 1. The molecule has 2 aromatic heterocycles. The van der Waals surface area contributed by atoms with E-state index in [-0.39, 0.29) is 5.91 Å². The summed E-state index contributed by atoms with van der Waals surface area (Å²) in [5, 5.41) is 10.1. The predicted octanol–water partition coefficient (Wildman–Crippen LogP) is 4.48. The smallest absolute Gasteiger partial charge is 0.233 e. The second-order valence-electron chi connectivity index (χ2n) is 7.08. The number of amides is 1. The maximum absolute atomic E-state index is 12.8. The molecular formula is C21H22ClN5OS. The number of rotatable bonds is 5. The third kappa shape index (κ3) is 4.46. The Morgan fingerprint density at radius 2 is 2.03 bits per heavy atom. The minimum Gasteiger partial charge on any atom is -0.339 e. The summed E-state index contributed by atoms with van der Waals surface area (Å²) in [5.41, 5.74) is 1.76. The Labute approximate surface area is 179 Å². The van der Waals surface area contributed by atoms with Crippen LogP contribution in [0.5, 0.6) is 0 Å². The van der Waals surface area contributed by atoms with Gasteiger partial charge in [0.05, 0.1) is 11.4 Å². The van der Waals surface area contributed by atoms with Crippen LogP contribution in [0.1, 0.15) is 26.2 Å². The first kappa shape index (κ1) is 19.9. The normalized spacial score (nSPS) is 16.8. The summed E-state index contributed by atoms with van der Waals surface area (Å²) in [5.74, 6) is 1.17. The SMILES string of the molecule is C[C@@H]1CCCCN1C(=O)CSc1nnc(-c2ccncc2)n1-c1cccc(Cl)c1. The highest BCUT2D eigenvalue weighted by molar-refractivity contribution is 7.99. The summed E-state index contributed by atoms with van der Waals surface area (Å²) in [4.78, 5) is 18.8. The standard InChI is InChI=1S/C21H22ClN5OS/c1-15-5-2-3-12-26(15)19(28)14-29-21-25-24-20(16-8-10-23-11-9-16)27(21)18-7-4-6-17(22)13-18/h4,6-11,13,15H,2-3,5,12,14H2,1H3/t15-/m1/s1. The number of hydrogen-bond acceptors (Lipinski definition) is 5. The van der Waals surface area contributed by atoms with Crippen LogP contribution in [0.25, 0.3) is 17.1 Å². The zero-order chi connectivity index (χ0) is 20.2. The second-order valence-corrected chi connectivity index (χ2v) is 8.46. The number of piperidine rings is 1. The molecule has 29 heavy (non-hydrogen) atoms. The van der Waals surface area contributed by atoms with Gasteiger partial charge in [-0.1, -0.05) is 29.4 Å². The lowest BCUT2D eigenvalue weighted by molar-refractivity contribution is -0.131. The number of likely N-dealkylation sites (tertiary alicyclic amines) is 1. The molecule has 1 amide bonds. The minimum atomic E-state index is 0.147. The molecular weight excluding hydrogens is 406 g/mol. The number of hydrogen-bond donors (Lipinski definition) is 0. The van der Waals surface area contributed by atoms with Crippen LogP contribution < -0.4 is 0 Å². The van der Waals surface area contributed by atoms with Crippen molar-refractivity contribution in [2.24, 2.45) is 0 Å². The molecule has 0 unspecified atom stereocenters. The zero-order valence-electron chi connectivity index (χ0n) is 16.2. The largest absolute Gasteiger partial charge is 0.339 e. The van der Waals surface area contributed by atoms with E-state index in [0.717, 1.165) is 30.6 Å². The molecule has 8 heteroatoms. The van der Waals surface area contributed by atoms with E-state index in [1.807, 2.05) is 45.9 Å². The van der Waals surface area contributed by atoms with Crippen molar-refractivity contribution in [3.8, 4) is 17.1 Å². The molecule has 4 rings (SSSR count). The van der Waals surface area contributed by atoms with Gasteiger partial charge < -0.3 is 4.90 Å².